The molecule has 0 saturated carbocycles. The smallest absolute Gasteiger partial charge is 0.226 e. The molecule has 0 bridgehead atoms. The predicted octanol–water partition coefficient (Wildman–Crippen LogP) is 3.89. The van der Waals surface area contributed by atoms with Crippen LogP contribution in [-0.2, 0) is 4.79 Å². The van der Waals surface area contributed by atoms with Crippen LogP contribution in [0.4, 0.5) is 5.82 Å². The normalized spacial score (nSPS) is 16.0. The van der Waals surface area contributed by atoms with Gasteiger partial charge in [0.2, 0.25) is 5.91 Å². The summed E-state index contributed by atoms with van der Waals surface area (Å²) in [6, 6.07) is 11.2. The molecule has 0 unspecified atom stereocenters. The quantitative estimate of drug-likeness (QED) is 0.722. The zero-order valence-corrected chi connectivity index (χ0v) is 16.6. The summed E-state index contributed by atoms with van der Waals surface area (Å²) in [4.78, 5) is 12.4. The average Bonchev–Trinajstić information content (AvgIpc) is 2.98. The number of benzene rings is 1. The number of ether oxygens (including phenoxy) is 1. The number of amides is 1. The Kier molecular flexibility index (Phi) is 4.77. The minimum atomic E-state index is -0.0918. The molecule has 28 heavy (non-hydrogen) atoms. The predicted molar refractivity (Wildman–Crippen MR) is 106 cm³/mol. The van der Waals surface area contributed by atoms with Gasteiger partial charge in [0, 0.05) is 17.9 Å². The maximum Gasteiger partial charge on any atom is 0.226 e. The molecular weight excluding hydrogens is 378 g/mol. The van der Waals surface area contributed by atoms with Crippen molar-refractivity contribution in [1.29, 1.82) is 0 Å². The highest BCUT2D eigenvalue weighted by atomic mass is 35.5. The Morgan fingerprint density at radius 3 is 2.57 bits per heavy atom. The van der Waals surface area contributed by atoms with Crippen LogP contribution in [0.2, 0.25) is 5.15 Å². The van der Waals surface area contributed by atoms with Crippen molar-refractivity contribution in [3.63, 3.8) is 0 Å². The highest BCUT2D eigenvalue weighted by Crippen LogP contribution is 2.40. The van der Waals surface area contributed by atoms with E-state index in [1.54, 1.807) is 16.8 Å². The molecule has 144 valence electrons. The summed E-state index contributed by atoms with van der Waals surface area (Å²) < 4.78 is 7.33. The lowest BCUT2D eigenvalue weighted by molar-refractivity contribution is -0.116. The molecule has 1 aromatic carbocycles. The van der Waals surface area contributed by atoms with Crippen LogP contribution in [0, 0.1) is 6.92 Å². The summed E-state index contributed by atoms with van der Waals surface area (Å²) in [5, 5.41) is 15.8. The molecular formula is C20H20ClN5O2. The lowest BCUT2D eigenvalue weighted by Gasteiger charge is -2.24. The summed E-state index contributed by atoms with van der Waals surface area (Å²) >= 11 is 5.84. The monoisotopic (exact) mass is 397 g/mol. The minimum absolute atomic E-state index is 0.0666. The van der Waals surface area contributed by atoms with Gasteiger partial charge < -0.3 is 10.1 Å². The second-order valence-electron chi connectivity index (χ2n) is 7.01. The molecule has 1 atom stereocenters. The topological polar surface area (TPSA) is 81.9 Å². The fourth-order valence-electron chi connectivity index (χ4n) is 3.47. The van der Waals surface area contributed by atoms with Gasteiger partial charge in [-0.15, -0.1) is 10.2 Å². The lowest BCUT2D eigenvalue weighted by Crippen LogP contribution is -2.25. The Morgan fingerprint density at radius 1 is 1.18 bits per heavy atom. The molecule has 1 amide bonds. The number of hydrogen-bond acceptors (Lipinski definition) is 5. The first kappa shape index (κ1) is 18.4. The molecule has 1 aliphatic rings. The maximum absolute atomic E-state index is 12.4. The van der Waals surface area contributed by atoms with E-state index in [0.29, 0.717) is 23.2 Å². The Balaban J connectivity index is 1.75. The number of carbonyl (C=O) groups excluding carboxylic acids is 1. The van der Waals surface area contributed by atoms with E-state index in [-0.39, 0.29) is 17.9 Å². The van der Waals surface area contributed by atoms with Gasteiger partial charge in [0.25, 0.3) is 0 Å². The molecule has 3 heterocycles. The first-order valence-corrected chi connectivity index (χ1v) is 9.45. The van der Waals surface area contributed by atoms with Crippen molar-refractivity contribution in [1.82, 2.24) is 20.0 Å². The van der Waals surface area contributed by atoms with Crippen LogP contribution < -0.4 is 10.1 Å². The SMILES string of the molecule is Cc1nn(-c2ccc(Cl)nn2)c2c1[C@@H](c1ccc(OC(C)C)cc1)CC(=O)N2. The molecule has 0 fully saturated rings. The minimum Gasteiger partial charge on any atom is -0.491 e. The van der Waals surface area contributed by atoms with Gasteiger partial charge in [0.1, 0.15) is 11.6 Å². The summed E-state index contributed by atoms with van der Waals surface area (Å²) in [6.45, 7) is 5.91. The van der Waals surface area contributed by atoms with Crippen molar-refractivity contribution in [2.75, 3.05) is 5.32 Å². The number of halogens is 1. The van der Waals surface area contributed by atoms with Crippen LogP contribution in [0.15, 0.2) is 36.4 Å². The van der Waals surface area contributed by atoms with Crippen LogP contribution in [0.3, 0.4) is 0 Å². The molecule has 1 aliphatic heterocycles. The Bertz CT molecular complexity index is 1010. The highest BCUT2D eigenvalue weighted by Gasteiger charge is 2.33. The molecule has 8 heteroatoms. The first-order chi connectivity index (χ1) is 13.4. The van der Waals surface area contributed by atoms with Crippen LogP contribution in [0.1, 0.15) is 43.0 Å². The summed E-state index contributed by atoms with van der Waals surface area (Å²) in [6.07, 6.45) is 0.467. The van der Waals surface area contributed by atoms with Gasteiger partial charge >= 0.3 is 0 Å². The van der Waals surface area contributed by atoms with Gasteiger partial charge in [0.05, 0.1) is 11.8 Å². The molecule has 0 radical (unpaired) electrons. The zero-order chi connectivity index (χ0) is 19.8. The van der Waals surface area contributed by atoms with E-state index in [4.69, 9.17) is 16.3 Å². The largest absolute Gasteiger partial charge is 0.491 e. The van der Waals surface area contributed by atoms with Crippen molar-refractivity contribution in [3.8, 4) is 11.6 Å². The molecule has 4 rings (SSSR count). The van der Waals surface area contributed by atoms with E-state index in [1.807, 2.05) is 45.0 Å². The van der Waals surface area contributed by atoms with Crippen LogP contribution in [-0.4, -0.2) is 32.0 Å². The van der Waals surface area contributed by atoms with E-state index in [2.05, 4.69) is 20.6 Å². The van der Waals surface area contributed by atoms with Crippen molar-refractivity contribution >= 4 is 23.3 Å². The second kappa shape index (κ2) is 7.24. The maximum atomic E-state index is 12.4. The third-order valence-corrected chi connectivity index (χ3v) is 4.79. The van der Waals surface area contributed by atoms with Crippen LogP contribution >= 0.6 is 11.6 Å². The van der Waals surface area contributed by atoms with E-state index in [1.165, 1.54) is 0 Å². The fraction of sp³-hybridized carbons (Fsp3) is 0.300. The van der Waals surface area contributed by atoms with Crippen LogP contribution in [0.25, 0.3) is 5.82 Å². The molecule has 0 spiro atoms. The molecule has 0 saturated heterocycles. The first-order valence-electron chi connectivity index (χ1n) is 9.08. The summed E-state index contributed by atoms with van der Waals surface area (Å²) in [5.74, 6) is 1.77. The lowest BCUT2D eigenvalue weighted by atomic mass is 9.86. The Hall–Kier alpha value is -2.93. The molecule has 3 aromatic rings. The van der Waals surface area contributed by atoms with Gasteiger partial charge in [0.15, 0.2) is 11.0 Å². The van der Waals surface area contributed by atoms with Gasteiger partial charge in [-0.3, -0.25) is 4.79 Å². The third-order valence-electron chi connectivity index (χ3n) is 4.59. The van der Waals surface area contributed by atoms with E-state index in [9.17, 15) is 4.79 Å². The van der Waals surface area contributed by atoms with Gasteiger partial charge in [-0.1, -0.05) is 23.7 Å². The number of nitrogens with one attached hydrogen (secondary N) is 1. The second-order valence-corrected chi connectivity index (χ2v) is 7.40. The highest BCUT2D eigenvalue weighted by molar-refractivity contribution is 6.29. The fourth-order valence-corrected chi connectivity index (χ4v) is 3.57. The molecule has 0 aliphatic carbocycles. The number of nitrogens with zero attached hydrogens (tertiary/aromatic N) is 4. The third kappa shape index (κ3) is 3.45. The van der Waals surface area contributed by atoms with Gasteiger partial charge in [-0.2, -0.15) is 9.78 Å². The number of fused-ring (bicyclic) bond motifs is 1. The van der Waals surface area contributed by atoms with E-state index < -0.39 is 0 Å². The zero-order valence-electron chi connectivity index (χ0n) is 15.8. The number of aryl methyl sites for hydroxylation is 1. The van der Waals surface area contributed by atoms with Crippen molar-refractivity contribution < 1.29 is 9.53 Å². The van der Waals surface area contributed by atoms with E-state index >= 15 is 0 Å². The number of carbonyl (C=O) groups is 1. The van der Waals surface area contributed by atoms with Crippen molar-refractivity contribution in [2.45, 2.75) is 39.2 Å². The van der Waals surface area contributed by atoms with E-state index in [0.717, 1.165) is 22.6 Å². The van der Waals surface area contributed by atoms with Crippen molar-refractivity contribution in [2.24, 2.45) is 0 Å². The van der Waals surface area contributed by atoms with Crippen molar-refractivity contribution in [3.05, 3.63) is 58.4 Å². The summed E-state index contributed by atoms with van der Waals surface area (Å²) in [7, 11) is 0. The number of rotatable bonds is 4. The molecule has 1 N–H and O–H groups in total. The van der Waals surface area contributed by atoms with Gasteiger partial charge in [-0.05, 0) is 50.6 Å². The molecule has 7 nitrogen and oxygen atoms in total. The van der Waals surface area contributed by atoms with Crippen LogP contribution in [0.5, 0.6) is 5.75 Å². The Morgan fingerprint density at radius 2 is 1.93 bits per heavy atom. The number of aromatic nitrogens is 4. The summed E-state index contributed by atoms with van der Waals surface area (Å²) in [5.41, 5.74) is 2.85. The van der Waals surface area contributed by atoms with Gasteiger partial charge in [-0.25, -0.2) is 0 Å². The molecule has 2 aromatic heterocycles. The number of anilines is 1. The average molecular weight is 398 g/mol. The Labute approximate surface area is 167 Å². The number of hydrogen-bond donors (Lipinski definition) is 1. The standard InChI is InChI=1S/C20H20ClN5O2/c1-11(2)28-14-6-4-13(5-7-14)15-10-18(27)22-20-19(15)12(3)25-26(20)17-9-8-16(21)23-24-17/h4-9,11,15H,10H2,1-3H3,(H,22,27)/t15-/m1/s1.